The molecule has 6 heteroatoms. The lowest BCUT2D eigenvalue weighted by Crippen LogP contribution is -2.38. The summed E-state index contributed by atoms with van der Waals surface area (Å²) in [7, 11) is 0. The molecule has 1 saturated carbocycles. The molecular weight excluding hydrogens is 335 g/mol. The predicted octanol–water partition coefficient (Wildman–Crippen LogP) is 3.09. The Morgan fingerprint density at radius 3 is 2.65 bits per heavy atom. The number of benzene rings is 2. The number of carbonyl (C=O) groups excluding carboxylic acids is 1. The normalized spacial score (nSPS) is 15.1. The van der Waals surface area contributed by atoms with E-state index in [4.69, 9.17) is 9.47 Å². The van der Waals surface area contributed by atoms with Crippen molar-refractivity contribution in [3.63, 3.8) is 0 Å². The molecule has 1 aliphatic heterocycles. The Hall–Kier alpha value is -2.60. The number of amides is 1. The first-order chi connectivity index (χ1) is 12.7. The molecule has 0 unspecified atom stereocenters. The molecule has 26 heavy (non-hydrogen) atoms. The monoisotopic (exact) mass is 356 g/mol. The number of nitrogens with zero attached hydrogens (tertiary/aromatic N) is 1. The van der Waals surface area contributed by atoms with Crippen LogP contribution < -0.4 is 19.7 Å². The van der Waals surface area contributed by atoms with Crippen LogP contribution in [-0.2, 0) is 11.3 Å². The summed E-state index contributed by atoms with van der Waals surface area (Å²) in [4.78, 5) is 14.4. The summed E-state index contributed by atoms with van der Waals surface area (Å²) in [6.45, 7) is 1.72. The number of carbonyl (C=O) groups is 1. The van der Waals surface area contributed by atoms with Gasteiger partial charge in [-0.05, 0) is 67.3 Å². The maximum absolute atomic E-state index is 13.3. The van der Waals surface area contributed by atoms with Gasteiger partial charge in [-0.2, -0.15) is 0 Å². The van der Waals surface area contributed by atoms with Crippen LogP contribution in [-0.4, -0.2) is 25.8 Å². The van der Waals surface area contributed by atoms with Gasteiger partial charge in [0.1, 0.15) is 5.82 Å². The highest BCUT2D eigenvalue weighted by molar-refractivity contribution is 5.94. The number of hydrogen-bond acceptors (Lipinski definition) is 4. The molecular formula is C20H21FN2O3. The summed E-state index contributed by atoms with van der Waals surface area (Å²) in [6, 6.07) is 11.6. The molecule has 2 aromatic carbocycles. The SMILES string of the molecule is O=C(CNCC1CC1)N(Cc1ccc2c(c1)OCO2)c1ccc(F)cc1. The van der Waals surface area contributed by atoms with E-state index in [0.717, 1.165) is 12.1 Å². The third kappa shape index (κ3) is 3.96. The van der Waals surface area contributed by atoms with Crippen molar-refractivity contribution < 1.29 is 18.7 Å². The van der Waals surface area contributed by atoms with Crippen molar-refractivity contribution in [2.24, 2.45) is 5.92 Å². The third-order valence-electron chi connectivity index (χ3n) is 4.62. The molecule has 4 rings (SSSR count). The van der Waals surface area contributed by atoms with Gasteiger partial charge in [0.25, 0.3) is 0 Å². The van der Waals surface area contributed by atoms with Crippen LogP contribution in [0, 0.1) is 11.7 Å². The van der Waals surface area contributed by atoms with Crippen molar-refractivity contribution in [2.45, 2.75) is 19.4 Å². The van der Waals surface area contributed by atoms with Crippen LogP contribution in [0.25, 0.3) is 0 Å². The Balaban J connectivity index is 1.51. The van der Waals surface area contributed by atoms with Crippen molar-refractivity contribution in [3.8, 4) is 11.5 Å². The van der Waals surface area contributed by atoms with Gasteiger partial charge in [-0.1, -0.05) is 6.07 Å². The van der Waals surface area contributed by atoms with E-state index in [0.29, 0.717) is 29.6 Å². The topological polar surface area (TPSA) is 50.8 Å². The van der Waals surface area contributed by atoms with Gasteiger partial charge < -0.3 is 19.7 Å². The summed E-state index contributed by atoms with van der Waals surface area (Å²) in [5, 5.41) is 3.23. The molecule has 1 fully saturated rings. The van der Waals surface area contributed by atoms with Gasteiger partial charge in [0.15, 0.2) is 11.5 Å². The quantitative estimate of drug-likeness (QED) is 0.828. The summed E-state index contributed by atoms with van der Waals surface area (Å²) in [5.74, 6) is 1.72. The van der Waals surface area contributed by atoms with Crippen LogP contribution in [0.1, 0.15) is 18.4 Å². The largest absolute Gasteiger partial charge is 0.454 e. The zero-order valence-electron chi connectivity index (χ0n) is 14.4. The van der Waals surface area contributed by atoms with Gasteiger partial charge in [0.05, 0.1) is 13.1 Å². The molecule has 1 aliphatic carbocycles. The average molecular weight is 356 g/mol. The fourth-order valence-corrected chi connectivity index (χ4v) is 2.97. The lowest BCUT2D eigenvalue weighted by Gasteiger charge is -2.23. The Morgan fingerprint density at radius 2 is 1.88 bits per heavy atom. The van der Waals surface area contributed by atoms with E-state index in [2.05, 4.69) is 5.32 Å². The molecule has 1 heterocycles. The van der Waals surface area contributed by atoms with Crippen molar-refractivity contribution >= 4 is 11.6 Å². The number of hydrogen-bond donors (Lipinski definition) is 1. The second kappa shape index (κ2) is 7.33. The molecule has 0 atom stereocenters. The first-order valence-corrected chi connectivity index (χ1v) is 8.84. The minimum Gasteiger partial charge on any atom is -0.454 e. The molecule has 1 amide bonds. The zero-order valence-corrected chi connectivity index (χ0v) is 14.4. The van der Waals surface area contributed by atoms with Crippen molar-refractivity contribution in [1.29, 1.82) is 0 Å². The van der Waals surface area contributed by atoms with Gasteiger partial charge in [-0.3, -0.25) is 4.79 Å². The number of rotatable bonds is 7. The van der Waals surface area contributed by atoms with Crippen LogP contribution in [0.15, 0.2) is 42.5 Å². The van der Waals surface area contributed by atoms with Crippen LogP contribution >= 0.6 is 0 Å². The molecule has 2 aromatic rings. The molecule has 0 saturated heterocycles. The lowest BCUT2D eigenvalue weighted by atomic mass is 10.1. The number of nitrogens with one attached hydrogen (secondary N) is 1. The van der Waals surface area contributed by atoms with Crippen molar-refractivity contribution in [3.05, 3.63) is 53.8 Å². The lowest BCUT2D eigenvalue weighted by molar-refractivity contribution is -0.117. The van der Waals surface area contributed by atoms with E-state index < -0.39 is 0 Å². The smallest absolute Gasteiger partial charge is 0.241 e. The summed E-state index contributed by atoms with van der Waals surface area (Å²) < 4.78 is 24.0. The van der Waals surface area contributed by atoms with Gasteiger partial charge in [0, 0.05) is 5.69 Å². The third-order valence-corrected chi connectivity index (χ3v) is 4.62. The van der Waals surface area contributed by atoms with Gasteiger partial charge in [-0.25, -0.2) is 4.39 Å². The Labute approximate surface area is 151 Å². The van der Waals surface area contributed by atoms with E-state index in [9.17, 15) is 9.18 Å². The summed E-state index contributed by atoms with van der Waals surface area (Å²) in [5.41, 5.74) is 1.59. The van der Waals surface area contributed by atoms with Crippen molar-refractivity contribution in [2.75, 3.05) is 24.8 Å². The highest BCUT2D eigenvalue weighted by Gasteiger charge is 2.22. The number of fused-ring (bicyclic) bond motifs is 1. The molecule has 0 radical (unpaired) electrons. The maximum atomic E-state index is 13.3. The molecule has 5 nitrogen and oxygen atoms in total. The Morgan fingerprint density at radius 1 is 1.12 bits per heavy atom. The maximum Gasteiger partial charge on any atom is 0.241 e. The van der Waals surface area contributed by atoms with Crippen LogP contribution in [0.2, 0.25) is 0 Å². The number of ether oxygens (including phenoxy) is 2. The fourth-order valence-electron chi connectivity index (χ4n) is 2.97. The standard InChI is InChI=1S/C20H21FN2O3/c21-16-4-6-17(7-5-16)23(20(24)11-22-10-14-1-2-14)12-15-3-8-18-19(9-15)26-13-25-18/h3-9,14,22H,1-2,10-13H2. The van der Waals surface area contributed by atoms with Gasteiger partial charge >= 0.3 is 0 Å². The highest BCUT2D eigenvalue weighted by Crippen LogP contribution is 2.33. The second-order valence-corrected chi connectivity index (χ2v) is 6.72. The molecule has 0 bridgehead atoms. The molecule has 136 valence electrons. The second-order valence-electron chi connectivity index (χ2n) is 6.72. The highest BCUT2D eigenvalue weighted by atomic mass is 19.1. The van der Waals surface area contributed by atoms with E-state index in [1.807, 2.05) is 18.2 Å². The van der Waals surface area contributed by atoms with E-state index in [1.54, 1.807) is 17.0 Å². The molecule has 1 N–H and O–H groups in total. The van der Waals surface area contributed by atoms with E-state index in [1.165, 1.54) is 25.0 Å². The number of anilines is 1. The van der Waals surface area contributed by atoms with Crippen molar-refractivity contribution in [1.82, 2.24) is 5.32 Å². The van der Waals surface area contributed by atoms with Crippen LogP contribution in [0.4, 0.5) is 10.1 Å². The fraction of sp³-hybridized carbons (Fsp3) is 0.350. The summed E-state index contributed by atoms with van der Waals surface area (Å²) >= 11 is 0. The minimum atomic E-state index is -0.323. The van der Waals surface area contributed by atoms with E-state index >= 15 is 0 Å². The minimum absolute atomic E-state index is 0.0464. The molecule has 0 aromatic heterocycles. The van der Waals surface area contributed by atoms with Gasteiger partial charge in [-0.15, -0.1) is 0 Å². The molecule has 2 aliphatic rings. The molecule has 0 spiro atoms. The Bertz CT molecular complexity index is 790. The van der Waals surface area contributed by atoms with Crippen LogP contribution in [0.3, 0.4) is 0 Å². The Kier molecular flexibility index (Phi) is 4.75. The van der Waals surface area contributed by atoms with Crippen LogP contribution in [0.5, 0.6) is 11.5 Å². The van der Waals surface area contributed by atoms with Gasteiger partial charge in [0.2, 0.25) is 12.7 Å². The average Bonchev–Trinajstić information content (AvgIpc) is 3.35. The first-order valence-electron chi connectivity index (χ1n) is 8.84. The number of halogens is 1. The zero-order chi connectivity index (χ0) is 17.9. The predicted molar refractivity (Wildman–Crippen MR) is 95.7 cm³/mol. The van der Waals surface area contributed by atoms with E-state index in [-0.39, 0.29) is 25.1 Å². The first kappa shape index (κ1) is 16.8. The summed E-state index contributed by atoms with van der Waals surface area (Å²) in [6.07, 6.45) is 2.47.